The molecule has 2 N–H and O–H groups in total. The Hall–Kier alpha value is -2.14. The van der Waals surface area contributed by atoms with Crippen LogP contribution in [0.4, 0.5) is 5.00 Å². The summed E-state index contributed by atoms with van der Waals surface area (Å²) in [5, 5.41) is 6.59. The van der Waals surface area contributed by atoms with Gasteiger partial charge in [0.15, 0.2) is 0 Å². The molecule has 120 valence electrons. The van der Waals surface area contributed by atoms with Crippen LogP contribution < -0.4 is 10.6 Å². The lowest BCUT2D eigenvalue weighted by Crippen LogP contribution is -2.22. The highest BCUT2D eigenvalue weighted by Gasteiger charge is 2.30. The number of aryl methyl sites for hydroxylation is 2. The Kier molecular flexibility index (Phi) is 4.48. The molecular formula is C18H20N2O2S. The Balaban J connectivity index is 1.61. The third-order valence-electron chi connectivity index (χ3n) is 3.89. The average molecular weight is 328 g/mol. The number of amides is 2. The van der Waals surface area contributed by atoms with E-state index in [0.29, 0.717) is 11.4 Å². The molecular weight excluding hydrogens is 308 g/mol. The van der Waals surface area contributed by atoms with E-state index in [4.69, 9.17) is 0 Å². The predicted molar refractivity (Wildman–Crippen MR) is 92.8 cm³/mol. The maximum atomic E-state index is 12.3. The second-order valence-corrected chi connectivity index (χ2v) is 7.11. The zero-order valence-electron chi connectivity index (χ0n) is 13.3. The van der Waals surface area contributed by atoms with Gasteiger partial charge in [-0.05, 0) is 43.9 Å². The van der Waals surface area contributed by atoms with Gasteiger partial charge in [0.05, 0.1) is 9.88 Å². The van der Waals surface area contributed by atoms with E-state index < -0.39 is 0 Å². The Morgan fingerprint density at radius 1 is 1.17 bits per heavy atom. The molecule has 4 nitrogen and oxygen atoms in total. The molecule has 1 fully saturated rings. The lowest BCUT2D eigenvalue weighted by Gasteiger charge is -2.05. The highest BCUT2D eigenvalue weighted by Crippen LogP contribution is 2.32. The first-order valence-corrected chi connectivity index (χ1v) is 8.59. The second-order valence-electron chi connectivity index (χ2n) is 6.05. The van der Waals surface area contributed by atoms with Gasteiger partial charge in [-0.15, -0.1) is 11.3 Å². The van der Waals surface area contributed by atoms with E-state index >= 15 is 0 Å². The number of hydrogen-bond acceptors (Lipinski definition) is 3. The van der Waals surface area contributed by atoms with Crippen molar-refractivity contribution in [1.82, 2.24) is 5.32 Å². The molecule has 1 aromatic heterocycles. The molecule has 0 atom stereocenters. The summed E-state index contributed by atoms with van der Waals surface area (Å²) in [5.74, 6) is 0.133. The van der Waals surface area contributed by atoms with Crippen LogP contribution in [0.1, 0.15) is 39.2 Å². The molecule has 0 saturated heterocycles. The van der Waals surface area contributed by atoms with Crippen molar-refractivity contribution in [2.75, 3.05) is 5.32 Å². The van der Waals surface area contributed by atoms with Gasteiger partial charge >= 0.3 is 0 Å². The van der Waals surface area contributed by atoms with E-state index in [1.165, 1.54) is 16.9 Å². The zero-order valence-corrected chi connectivity index (χ0v) is 14.1. The van der Waals surface area contributed by atoms with E-state index in [-0.39, 0.29) is 17.7 Å². The van der Waals surface area contributed by atoms with E-state index in [1.54, 1.807) is 0 Å². The van der Waals surface area contributed by atoms with Crippen molar-refractivity contribution in [3.8, 4) is 0 Å². The van der Waals surface area contributed by atoms with Crippen molar-refractivity contribution in [3.05, 3.63) is 51.9 Å². The quantitative estimate of drug-likeness (QED) is 0.880. The number of hydrogen-bond donors (Lipinski definition) is 2. The summed E-state index contributed by atoms with van der Waals surface area (Å²) in [6.07, 6.45) is 1.94. The maximum absolute atomic E-state index is 12.3. The molecule has 1 saturated carbocycles. The van der Waals surface area contributed by atoms with Gasteiger partial charge in [0, 0.05) is 12.5 Å². The second kappa shape index (κ2) is 6.54. The number of carbonyl (C=O) groups excluding carboxylic acids is 2. The van der Waals surface area contributed by atoms with Crippen LogP contribution in [0.5, 0.6) is 0 Å². The van der Waals surface area contributed by atoms with Crippen molar-refractivity contribution in [2.24, 2.45) is 5.92 Å². The van der Waals surface area contributed by atoms with Crippen LogP contribution in [0.15, 0.2) is 30.3 Å². The molecule has 1 aliphatic carbocycles. The third-order valence-corrected chi connectivity index (χ3v) is 5.04. The molecule has 1 heterocycles. The highest BCUT2D eigenvalue weighted by atomic mass is 32.1. The van der Waals surface area contributed by atoms with E-state index in [2.05, 4.69) is 10.6 Å². The van der Waals surface area contributed by atoms with Crippen LogP contribution in [0.3, 0.4) is 0 Å². The smallest absolute Gasteiger partial charge is 0.261 e. The van der Waals surface area contributed by atoms with Gasteiger partial charge in [-0.25, -0.2) is 0 Å². The SMILES string of the molecule is Cc1ccc(CNC(=O)c2sc(NC(=O)C3CC3)cc2C)cc1. The fourth-order valence-corrected chi connectivity index (χ4v) is 3.30. The Labute approximate surface area is 139 Å². The average Bonchev–Trinajstić information content (AvgIpc) is 3.31. The normalized spacial score (nSPS) is 13.7. The van der Waals surface area contributed by atoms with Gasteiger partial charge < -0.3 is 10.6 Å². The minimum absolute atomic E-state index is 0.0675. The van der Waals surface area contributed by atoms with Gasteiger partial charge in [0.25, 0.3) is 5.91 Å². The van der Waals surface area contributed by atoms with Crippen molar-refractivity contribution in [2.45, 2.75) is 33.2 Å². The van der Waals surface area contributed by atoms with Crippen LogP contribution in [0, 0.1) is 19.8 Å². The van der Waals surface area contributed by atoms with Crippen molar-refractivity contribution in [1.29, 1.82) is 0 Å². The first-order chi connectivity index (χ1) is 11.0. The van der Waals surface area contributed by atoms with E-state index in [0.717, 1.165) is 29.0 Å². The predicted octanol–water partition coefficient (Wildman–Crippen LogP) is 3.64. The lowest BCUT2D eigenvalue weighted by atomic mass is 10.1. The molecule has 0 bridgehead atoms. The summed E-state index contributed by atoms with van der Waals surface area (Å²) in [6, 6.07) is 9.95. The van der Waals surface area contributed by atoms with Crippen molar-refractivity contribution >= 4 is 28.2 Å². The van der Waals surface area contributed by atoms with E-state index in [1.807, 2.05) is 44.2 Å². The molecule has 0 spiro atoms. The Morgan fingerprint density at radius 2 is 1.87 bits per heavy atom. The van der Waals surface area contributed by atoms with Crippen LogP contribution in [-0.2, 0) is 11.3 Å². The fourth-order valence-electron chi connectivity index (χ4n) is 2.31. The van der Waals surface area contributed by atoms with Crippen LogP contribution in [0.25, 0.3) is 0 Å². The molecule has 1 aromatic carbocycles. The first kappa shape index (κ1) is 15.7. The topological polar surface area (TPSA) is 58.2 Å². The van der Waals surface area contributed by atoms with E-state index in [9.17, 15) is 9.59 Å². The molecule has 2 amide bonds. The van der Waals surface area contributed by atoms with Gasteiger partial charge in [-0.1, -0.05) is 29.8 Å². The molecule has 0 unspecified atom stereocenters. The highest BCUT2D eigenvalue weighted by molar-refractivity contribution is 7.18. The summed E-state index contributed by atoms with van der Waals surface area (Å²) in [4.78, 5) is 24.8. The minimum Gasteiger partial charge on any atom is -0.347 e. The fraction of sp³-hybridized carbons (Fsp3) is 0.333. The molecule has 1 aliphatic rings. The van der Waals surface area contributed by atoms with Gasteiger partial charge in [-0.2, -0.15) is 0 Å². The van der Waals surface area contributed by atoms with Crippen LogP contribution in [0.2, 0.25) is 0 Å². The Bertz CT molecular complexity index is 730. The minimum atomic E-state index is -0.0972. The largest absolute Gasteiger partial charge is 0.347 e. The maximum Gasteiger partial charge on any atom is 0.261 e. The first-order valence-electron chi connectivity index (χ1n) is 7.78. The number of benzene rings is 1. The number of rotatable bonds is 5. The number of thiophene rings is 1. The number of nitrogens with one attached hydrogen (secondary N) is 2. The van der Waals surface area contributed by atoms with Gasteiger partial charge in [0.1, 0.15) is 0 Å². The Morgan fingerprint density at radius 3 is 2.52 bits per heavy atom. The van der Waals surface area contributed by atoms with Gasteiger partial charge in [0.2, 0.25) is 5.91 Å². The monoisotopic (exact) mass is 328 g/mol. The summed E-state index contributed by atoms with van der Waals surface area (Å²) in [7, 11) is 0. The zero-order chi connectivity index (χ0) is 16.4. The summed E-state index contributed by atoms with van der Waals surface area (Å²) < 4.78 is 0. The molecule has 0 radical (unpaired) electrons. The van der Waals surface area contributed by atoms with Crippen LogP contribution >= 0.6 is 11.3 Å². The summed E-state index contributed by atoms with van der Waals surface area (Å²) >= 11 is 1.33. The van der Waals surface area contributed by atoms with Crippen molar-refractivity contribution in [3.63, 3.8) is 0 Å². The summed E-state index contributed by atoms with van der Waals surface area (Å²) in [6.45, 7) is 4.43. The van der Waals surface area contributed by atoms with Crippen LogP contribution in [-0.4, -0.2) is 11.8 Å². The number of anilines is 1. The summed E-state index contributed by atoms with van der Waals surface area (Å²) in [5.41, 5.74) is 3.16. The molecule has 0 aliphatic heterocycles. The van der Waals surface area contributed by atoms with Crippen molar-refractivity contribution < 1.29 is 9.59 Å². The molecule has 2 aromatic rings. The van der Waals surface area contributed by atoms with Gasteiger partial charge in [-0.3, -0.25) is 9.59 Å². The lowest BCUT2D eigenvalue weighted by molar-refractivity contribution is -0.117. The standard InChI is InChI=1S/C18H20N2O2S/c1-11-3-5-13(6-4-11)10-19-18(22)16-12(2)9-15(23-16)20-17(21)14-7-8-14/h3-6,9,14H,7-8,10H2,1-2H3,(H,19,22)(H,20,21). The third kappa shape index (κ3) is 3.99. The number of carbonyl (C=O) groups is 2. The molecule has 5 heteroatoms. The molecule has 23 heavy (non-hydrogen) atoms. The molecule has 3 rings (SSSR count).